The molecule has 21 heavy (non-hydrogen) atoms. The number of carbonyl (C=O) groups is 2. The summed E-state index contributed by atoms with van der Waals surface area (Å²) in [6.07, 6.45) is 0.319. The Bertz CT molecular complexity index is 629. The highest BCUT2D eigenvalue weighted by Crippen LogP contribution is 2.09. The topological polar surface area (TPSA) is 102 Å². The van der Waals surface area contributed by atoms with Gasteiger partial charge in [-0.1, -0.05) is 30.3 Å². The Kier molecular flexibility index (Phi) is 4.46. The van der Waals surface area contributed by atoms with Gasteiger partial charge in [-0.15, -0.1) is 0 Å². The second-order valence-electron chi connectivity index (χ2n) is 4.89. The Hall–Kier alpha value is -2.09. The number of benzene rings is 1. The first-order valence-electron chi connectivity index (χ1n) is 6.30. The number of amides is 2. The Morgan fingerprint density at radius 1 is 1.33 bits per heavy atom. The van der Waals surface area contributed by atoms with Crippen LogP contribution >= 0.6 is 0 Å². The maximum atomic E-state index is 11.6. The highest BCUT2D eigenvalue weighted by Gasteiger charge is 2.42. The van der Waals surface area contributed by atoms with Gasteiger partial charge in [-0.2, -0.15) is 0 Å². The molecule has 1 aliphatic heterocycles. The Morgan fingerprint density at radius 3 is 2.57 bits per heavy atom. The summed E-state index contributed by atoms with van der Waals surface area (Å²) >= 11 is 0. The van der Waals surface area contributed by atoms with Crippen molar-refractivity contribution in [3.05, 3.63) is 35.9 Å². The second kappa shape index (κ2) is 6.13. The van der Waals surface area contributed by atoms with Crippen LogP contribution in [0.2, 0.25) is 0 Å². The lowest BCUT2D eigenvalue weighted by Crippen LogP contribution is -2.71. The van der Waals surface area contributed by atoms with Gasteiger partial charge < -0.3 is 15.4 Å². The number of nitrogens with one attached hydrogen (secondary N) is 2. The van der Waals surface area contributed by atoms with Crippen LogP contribution in [0, 0.1) is 0 Å². The summed E-state index contributed by atoms with van der Waals surface area (Å²) in [7, 11) is -3.24. The molecule has 2 N–H and O–H groups in total. The third kappa shape index (κ3) is 4.45. The fourth-order valence-electron chi connectivity index (χ4n) is 1.96. The summed E-state index contributed by atoms with van der Waals surface area (Å²) in [4.78, 5) is 23.0. The molecule has 1 saturated heterocycles. The first-order chi connectivity index (χ1) is 9.85. The molecule has 2 amide bonds. The number of hydrogen-bond acceptors (Lipinski definition) is 5. The molecule has 0 unspecified atom stereocenters. The Morgan fingerprint density at radius 2 is 2.00 bits per heavy atom. The fraction of sp³-hybridized carbons (Fsp3) is 0.385. The van der Waals surface area contributed by atoms with Crippen LogP contribution in [0.4, 0.5) is 4.79 Å². The molecule has 8 heteroatoms. The van der Waals surface area contributed by atoms with Crippen molar-refractivity contribution in [2.45, 2.75) is 18.7 Å². The highest BCUT2D eigenvalue weighted by atomic mass is 32.2. The van der Waals surface area contributed by atoms with Crippen molar-refractivity contribution in [1.82, 2.24) is 10.6 Å². The summed E-state index contributed by atoms with van der Waals surface area (Å²) in [5.74, 6) is -0.636. The molecule has 0 aromatic heterocycles. The van der Waals surface area contributed by atoms with Gasteiger partial charge in [0, 0.05) is 6.26 Å². The van der Waals surface area contributed by atoms with Crippen molar-refractivity contribution in [3.8, 4) is 0 Å². The van der Waals surface area contributed by atoms with Gasteiger partial charge >= 0.3 is 6.09 Å². The zero-order chi connectivity index (χ0) is 15.5. The first kappa shape index (κ1) is 15.3. The van der Waals surface area contributed by atoms with Gasteiger partial charge in [-0.3, -0.25) is 4.79 Å². The van der Waals surface area contributed by atoms with Gasteiger partial charge in [0.25, 0.3) is 0 Å². The molecular formula is C13H16N2O5S. The highest BCUT2D eigenvalue weighted by molar-refractivity contribution is 7.90. The number of sulfone groups is 1. The summed E-state index contributed by atoms with van der Waals surface area (Å²) in [5, 5.41) is 4.81. The van der Waals surface area contributed by atoms with Crippen LogP contribution < -0.4 is 10.6 Å². The van der Waals surface area contributed by atoms with Crippen LogP contribution in [0.5, 0.6) is 0 Å². The molecule has 1 heterocycles. The summed E-state index contributed by atoms with van der Waals surface area (Å²) in [6.45, 7) is 0.0811. The average molecular weight is 312 g/mol. The van der Waals surface area contributed by atoms with E-state index in [0.717, 1.165) is 11.8 Å². The standard InChI is InChI=1S/C13H16N2O5S/c1-21(18,19)8-10-11(12(16)14-10)15-13(17)20-7-9-5-3-2-4-6-9/h2-6,10-11H,7-8H2,1H3,(H,14,16)(H,15,17)/t10-,11+/m0/s1. The molecule has 0 saturated carbocycles. The van der Waals surface area contributed by atoms with Gasteiger partial charge in [0.1, 0.15) is 22.5 Å². The van der Waals surface area contributed by atoms with Gasteiger partial charge in [0.2, 0.25) is 5.91 Å². The summed E-state index contributed by atoms with van der Waals surface area (Å²) in [6, 6.07) is 7.60. The zero-order valence-corrected chi connectivity index (χ0v) is 12.2. The van der Waals surface area contributed by atoms with Crippen LogP contribution in [0.15, 0.2) is 30.3 Å². The molecule has 0 bridgehead atoms. The maximum absolute atomic E-state index is 11.6. The molecule has 0 spiro atoms. The normalized spacial score (nSPS) is 21.1. The Labute approximate surface area is 122 Å². The van der Waals surface area contributed by atoms with E-state index in [-0.39, 0.29) is 12.4 Å². The van der Waals surface area contributed by atoms with Crippen LogP contribution in [0.3, 0.4) is 0 Å². The Balaban J connectivity index is 1.83. The third-order valence-corrected chi connectivity index (χ3v) is 3.95. The first-order valence-corrected chi connectivity index (χ1v) is 8.36. The van der Waals surface area contributed by atoms with E-state index in [4.69, 9.17) is 4.74 Å². The molecule has 0 radical (unpaired) electrons. The minimum atomic E-state index is -3.24. The molecule has 1 aromatic carbocycles. The predicted octanol–water partition coefficient (Wildman–Crippen LogP) is -0.176. The van der Waals surface area contributed by atoms with E-state index < -0.39 is 33.9 Å². The van der Waals surface area contributed by atoms with Crippen molar-refractivity contribution < 1.29 is 22.7 Å². The van der Waals surface area contributed by atoms with E-state index in [1.165, 1.54) is 0 Å². The average Bonchev–Trinajstić information content (AvgIpc) is 2.42. The lowest BCUT2D eigenvalue weighted by atomic mass is 10.0. The van der Waals surface area contributed by atoms with E-state index in [9.17, 15) is 18.0 Å². The van der Waals surface area contributed by atoms with Gasteiger partial charge in [-0.25, -0.2) is 13.2 Å². The van der Waals surface area contributed by atoms with E-state index in [1.807, 2.05) is 18.2 Å². The van der Waals surface area contributed by atoms with Crippen molar-refractivity contribution in [2.24, 2.45) is 0 Å². The predicted molar refractivity (Wildman–Crippen MR) is 75.2 cm³/mol. The molecule has 0 aliphatic carbocycles. The lowest BCUT2D eigenvalue weighted by molar-refractivity contribution is -0.130. The van der Waals surface area contributed by atoms with Crippen LogP contribution in [-0.4, -0.2) is 44.5 Å². The summed E-state index contributed by atoms with van der Waals surface area (Å²) < 4.78 is 27.4. The number of β-lactam (4-membered cyclic amide) rings is 1. The molecule has 1 aliphatic rings. The van der Waals surface area contributed by atoms with E-state index in [2.05, 4.69) is 10.6 Å². The number of ether oxygens (including phenoxy) is 1. The third-order valence-electron chi connectivity index (χ3n) is 2.98. The minimum Gasteiger partial charge on any atom is -0.445 e. The van der Waals surface area contributed by atoms with Gasteiger partial charge in [0.05, 0.1) is 11.8 Å². The monoisotopic (exact) mass is 312 g/mol. The summed E-state index contributed by atoms with van der Waals surface area (Å²) in [5.41, 5.74) is 0.818. The largest absolute Gasteiger partial charge is 0.445 e. The number of rotatable bonds is 5. The van der Waals surface area contributed by atoms with Crippen molar-refractivity contribution in [2.75, 3.05) is 12.0 Å². The SMILES string of the molecule is CS(=O)(=O)C[C@@H]1NC(=O)[C@@H]1NC(=O)OCc1ccccc1. The molecule has 7 nitrogen and oxygen atoms in total. The molecule has 2 rings (SSSR count). The van der Waals surface area contributed by atoms with Crippen LogP contribution in [-0.2, 0) is 26.0 Å². The molecular weight excluding hydrogens is 296 g/mol. The fourth-order valence-corrected chi connectivity index (χ4v) is 2.89. The van der Waals surface area contributed by atoms with E-state index in [1.54, 1.807) is 12.1 Å². The number of carbonyl (C=O) groups excluding carboxylic acids is 2. The van der Waals surface area contributed by atoms with Crippen molar-refractivity contribution >= 4 is 21.8 Å². The second-order valence-corrected chi connectivity index (χ2v) is 7.08. The van der Waals surface area contributed by atoms with Crippen molar-refractivity contribution in [1.29, 1.82) is 0 Å². The molecule has 114 valence electrons. The zero-order valence-electron chi connectivity index (χ0n) is 11.4. The van der Waals surface area contributed by atoms with Crippen molar-refractivity contribution in [3.63, 3.8) is 0 Å². The lowest BCUT2D eigenvalue weighted by Gasteiger charge is -2.36. The van der Waals surface area contributed by atoms with Crippen LogP contribution in [0.1, 0.15) is 5.56 Å². The number of alkyl carbamates (subject to hydrolysis) is 1. The van der Waals surface area contributed by atoms with Crippen LogP contribution in [0.25, 0.3) is 0 Å². The van der Waals surface area contributed by atoms with E-state index in [0.29, 0.717) is 0 Å². The minimum absolute atomic E-state index is 0.0811. The molecule has 1 aromatic rings. The van der Waals surface area contributed by atoms with E-state index >= 15 is 0 Å². The maximum Gasteiger partial charge on any atom is 0.408 e. The smallest absolute Gasteiger partial charge is 0.408 e. The number of hydrogen-bond donors (Lipinski definition) is 2. The quantitative estimate of drug-likeness (QED) is 0.735. The molecule has 2 atom stereocenters. The molecule has 1 fully saturated rings. The van der Waals surface area contributed by atoms with Gasteiger partial charge in [-0.05, 0) is 5.56 Å². The van der Waals surface area contributed by atoms with Gasteiger partial charge in [0.15, 0.2) is 0 Å².